The van der Waals surface area contributed by atoms with Crippen LogP contribution in [0.1, 0.15) is 18.1 Å². The minimum atomic E-state index is -4.26. The SMILES string of the molecule is CCc1ccc(CN(C)C(F)(F)F)cc1. The fourth-order valence-electron chi connectivity index (χ4n) is 1.24. The van der Waals surface area contributed by atoms with Crippen LogP contribution in [0.5, 0.6) is 0 Å². The Kier molecular flexibility index (Phi) is 3.74. The predicted molar refractivity (Wildman–Crippen MR) is 53.3 cm³/mol. The van der Waals surface area contributed by atoms with Gasteiger partial charge in [-0.1, -0.05) is 31.2 Å². The first-order chi connectivity index (χ1) is 6.93. The van der Waals surface area contributed by atoms with E-state index in [0.717, 1.165) is 19.0 Å². The molecule has 4 heteroatoms. The van der Waals surface area contributed by atoms with Crippen molar-refractivity contribution in [1.82, 2.24) is 4.90 Å². The number of hydrogen-bond acceptors (Lipinski definition) is 1. The van der Waals surface area contributed by atoms with E-state index in [4.69, 9.17) is 0 Å². The molecule has 0 aliphatic heterocycles. The summed E-state index contributed by atoms with van der Waals surface area (Å²) in [5.41, 5.74) is 1.81. The summed E-state index contributed by atoms with van der Waals surface area (Å²) >= 11 is 0. The normalized spacial score (nSPS) is 12.1. The molecule has 0 unspecified atom stereocenters. The highest BCUT2D eigenvalue weighted by Crippen LogP contribution is 2.21. The van der Waals surface area contributed by atoms with Crippen LogP contribution < -0.4 is 0 Å². The molecule has 0 aliphatic carbocycles. The highest BCUT2D eigenvalue weighted by atomic mass is 19.4. The third kappa shape index (κ3) is 3.55. The number of halogens is 3. The van der Waals surface area contributed by atoms with Crippen LogP contribution in [0.2, 0.25) is 0 Å². The zero-order valence-electron chi connectivity index (χ0n) is 8.80. The average molecular weight is 217 g/mol. The van der Waals surface area contributed by atoms with Gasteiger partial charge in [0.2, 0.25) is 0 Å². The number of aryl methyl sites for hydroxylation is 1. The molecule has 0 aromatic heterocycles. The van der Waals surface area contributed by atoms with Gasteiger partial charge in [0.25, 0.3) is 0 Å². The molecule has 0 N–H and O–H groups in total. The maximum atomic E-state index is 12.2. The van der Waals surface area contributed by atoms with E-state index in [-0.39, 0.29) is 6.54 Å². The first-order valence-electron chi connectivity index (χ1n) is 4.79. The molecule has 84 valence electrons. The maximum absolute atomic E-state index is 12.2. The van der Waals surface area contributed by atoms with Crippen molar-refractivity contribution in [1.29, 1.82) is 0 Å². The molecule has 1 nitrogen and oxygen atoms in total. The van der Waals surface area contributed by atoms with Crippen LogP contribution in [0.4, 0.5) is 13.2 Å². The number of alkyl halides is 3. The molecule has 0 amide bonds. The lowest BCUT2D eigenvalue weighted by molar-refractivity contribution is -0.240. The zero-order chi connectivity index (χ0) is 11.5. The molecule has 0 radical (unpaired) electrons. The molecule has 0 spiro atoms. The fourth-order valence-corrected chi connectivity index (χ4v) is 1.24. The molecule has 15 heavy (non-hydrogen) atoms. The van der Waals surface area contributed by atoms with Gasteiger partial charge in [-0.3, -0.25) is 0 Å². The number of nitrogens with zero attached hydrogens (tertiary/aromatic N) is 1. The Labute approximate surface area is 87.5 Å². The molecule has 0 saturated carbocycles. The summed E-state index contributed by atoms with van der Waals surface area (Å²) in [6.45, 7) is 1.91. The Morgan fingerprint density at radius 1 is 1.07 bits per heavy atom. The van der Waals surface area contributed by atoms with Crippen LogP contribution in [0.3, 0.4) is 0 Å². The van der Waals surface area contributed by atoms with Crippen molar-refractivity contribution in [2.24, 2.45) is 0 Å². The smallest absolute Gasteiger partial charge is 0.213 e. The van der Waals surface area contributed by atoms with E-state index >= 15 is 0 Å². The second-order valence-corrected chi connectivity index (χ2v) is 3.49. The van der Waals surface area contributed by atoms with Crippen molar-refractivity contribution < 1.29 is 13.2 Å². The summed E-state index contributed by atoms with van der Waals surface area (Å²) in [5.74, 6) is 0. The third-order valence-corrected chi connectivity index (χ3v) is 2.28. The second-order valence-electron chi connectivity index (χ2n) is 3.49. The molecular formula is C11H14F3N. The van der Waals surface area contributed by atoms with E-state index < -0.39 is 6.30 Å². The van der Waals surface area contributed by atoms with Crippen LogP contribution in [0, 0.1) is 0 Å². The Bertz CT molecular complexity index is 303. The van der Waals surface area contributed by atoms with Crippen LogP contribution in [0.15, 0.2) is 24.3 Å². The van der Waals surface area contributed by atoms with E-state index in [1.807, 2.05) is 19.1 Å². The van der Waals surface area contributed by atoms with Gasteiger partial charge in [-0.2, -0.15) is 13.2 Å². The second kappa shape index (κ2) is 4.66. The van der Waals surface area contributed by atoms with Gasteiger partial charge < -0.3 is 0 Å². The highest BCUT2D eigenvalue weighted by molar-refractivity contribution is 5.22. The highest BCUT2D eigenvalue weighted by Gasteiger charge is 2.33. The third-order valence-electron chi connectivity index (χ3n) is 2.28. The minimum Gasteiger partial charge on any atom is -0.213 e. The first-order valence-corrected chi connectivity index (χ1v) is 4.79. The molecule has 0 heterocycles. The lowest BCUT2D eigenvalue weighted by atomic mass is 10.1. The van der Waals surface area contributed by atoms with Gasteiger partial charge in [-0.05, 0) is 24.6 Å². The molecule has 0 bridgehead atoms. The topological polar surface area (TPSA) is 3.24 Å². The number of benzene rings is 1. The molecule has 0 fully saturated rings. The van der Waals surface area contributed by atoms with Gasteiger partial charge in [-0.25, -0.2) is 4.90 Å². The van der Waals surface area contributed by atoms with Gasteiger partial charge in [-0.15, -0.1) is 0 Å². The summed E-state index contributed by atoms with van der Waals surface area (Å²) in [7, 11) is 1.05. The van der Waals surface area contributed by atoms with Gasteiger partial charge in [0.1, 0.15) is 0 Å². The number of rotatable bonds is 3. The van der Waals surface area contributed by atoms with Crippen LogP contribution in [0.25, 0.3) is 0 Å². The number of hydrogen-bond donors (Lipinski definition) is 0. The van der Waals surface area contributed by atoms with Crippen molar-refractivity contribution in [2.45, 2.75) is 26.2 Å². The minimum absolute atomic E-state index is 0.104. The molecular weight excluding hydrogens is 203 g/mol. The largest absolute Gasteiger partial charge is 0.459 e. The summed E-state index contributed by atoms with van der Waals surface area (Å²) in [5, 5.41) is 0. The summed E-state index contributed by atoms with van der Waals surface area (Å²) < 4.78 is 36.6. The van der Waals surface area contributed by atoms with Gasteiger partial charge in [0, 0.05) is 6.54 Å². The fraction of sp³-hybridized carbons (Fsp3) is 0.455. The van der Waals surface area contributed by atoms with E-state index in [2.05, 4.69) is 0 Å². The summed E-state index contributed by atoms with van der Waals surface area (Å²) in [4.78, 5) is 0.369. The van der Waals surface area contributed by atoms with Crippen LogP contribution in [-0.2, 0) is 13.0 Å². The van der Waals surface area contributed by atoms with Crippen molar-refractivity contribution in [3.63, 3.8) is 0 Å². The van der Waals surface area contributed by atoms with Gasteiger partial charge >= 0.3 is 6.30 Å². The maximum Gasteiger partial charge on any atom is 0.459 e. The molecule has 0 atom stereocenters. The Balaban J connectivity index is 2.65. The molecule has 1 aromatic rings. The summed E-state index contributed by atoms with van der Waals surface area (Å²) in [6, 6.07) is 7.20. The Hall–Kier alpha value is -1.03. The molecule has 1 rings (SSSR count). The van der Waals surface area contributed by atoms with Crippen molar-refractivity contribution in [3.05, 3.63) is 35.4 Å². The quantitative estimate of drug-likeness (QED) is 0.703. The van der Waals surface area contributed by atoms with E-state index in [9.17, 15) is 13.2 Å². The Morgan fingerprint density at radius 2 is 1.53 bits per heavy atom. The lowest BCUT2D eigenvalue weighted by Gasteiger charge is -2.19. The van der Waals surface area contributed by atoms with E-state index in [0.29, 0.717) is 10.5 Å². The summed E-state index contributed by atoms with van der Waals surface area (Å²) in [6.07, 6.45) is -3.36. The average Bonchev–Trinajstić information content (AvgIpc) is 2.17. The first kappa shape index (κ1) is 12.0. The van der Waals surface area contributed by atoms with Crippen LogP contribution >= 0.6 is 0 Å². The van der Waals surface area contributed by atoms with Gasteiger partial charge in [0.05, 0.1) is 0 Å². The standard InChI is InChI=1S/C11H14F3N/c1-3-9-4-6-10(7-5-9)8-15(2)11(12,13)14/h4-7H,3,8H2,1-2H3. The van der Waals surface area contributed by atoms with E-state index in [1.54, 1.807) is 12.1 Å². The molecule has 0 aliphatic rings. The van der Waals surface area contributed by atoms with Crippen LogP contribution in [-0.4, -0.2) is 18.2 Å². The van der Waals surface area contributed by atoms with E-state index in [1.165, 1.54) is 0 Å². The van der Waals surface area contributed by atoms with Crippen molar-refractivity contribution >= 4 is 0 Å². The Morgan fingerprint density at radius 3 is 1.93 bits per heavy atom. The van der Waals surface area contributed by atoms with Crippen molar-refractivity contribution in [2.75, 3.05) is 7.05 Å². The lowest BCUT2D eigenvalue weighted by Crippen LogP contribution is -2.33. The zero-order valence-corrected chi connectivity index (χ0v) is 8.80. The molecule has 0 saturated heterocycles. The van der Waals surface area contributed by atoms with Gasteiger partial charge in [0.15, 0.2) is 0 Å². The monoisotopic (exact) mass is 217 g/mol. The predicted octanol–water partition coefficient (Wildman–Crippen LogP) is 3.20. The van der Waals surface area contributed by atoms with Crippen molar-refractivity contribution in [3.8, 4) is 0 Å². The molecule has 1 aromatic carbocycles.